The Morgan fingerprint density at radius 1 is 1.39 bits per heavy atom. The lowest BCUT2D eigenvalue weighted by Gasteiger charge is -2.36. The summed E-state index contributed by atoms with van der Waals surface area (Å²) in [5.74, 6) is 0. The topological polar surface area (TPSA) is 46.2 Å². The minimum Gasteiger partial charge on any atom is -0.310 e. The molecule has 0 bridgehead atoms. The number of hydrogen-bond acceptors (Lipinski definition) is 2. The van der Waals surface area contributed by atoms with Crippen LogP contribution in [-0.4, -0.2) is 44.7 Å². The summed E-state index contributed by atoms with van der Waals surface area (Å²) in [6.45, 7) is 3.41. The molecule has 1 saturated heterocycles. The molecule has 2 atom stereocenters. The molecule has 1 N–H and O–H groups in total. The number of nitrogens with zero attached hydrogens (tertiary/aromatic N) is 1. The van der Waals surface area contributed by atoms with E-state index in [1.807, 2.05) is 18.7 Å². The lowest BCUT2D eigenvalue weighted by Crippen LogP contribution is -2.58. The van der Waals surface area contributed by atoms with E-state index in [-0.39, 0.29) is 0 Å². The molecule has 8 heteroatoms. The van der Waals surface area contributed by atoms with Crippen LogP contribution in [0.1, 0.15) is 32.6 Å². The van der Waals surface area contributed by atoms with Crippen LogP contribution in [0, 0.1) is 0 Å². The fraction of sp³-hybridized carbons (Fsp3) is 1.00. The summed E-state index contributed by atoms with van der Waals surface area (Å²) in [5.41, 5.74) is -5.23. The maximum atomic E-state index is 12.3. The average Bonchev–Trinajstić information content (AvgIpc) is 2.56. The molecule has 0 amide bonds. The Balaban J connectivity index is 2.78. The van der Waals surface area contributed by atoms with Gasteiger partial charge in [-0.3, -0.25) is 0 Å². The van der Waals surface area contributed by atoms with Crippen LogP contribution in [0.15, 0.2) is 0 Å². The van der Waals surface area contributed by atoms with Crippen LogP contribution >= 0.6 is 0 Å². The van der Waals surface area contributed by atoms with Gasteiger partial charge in [-0.2, -0.15) is 17.9 Å². The SMILES string of the molecule is CCCC[N+]1(C)CCCC1NS(=O)(=O)C(F)(F)F. The molecule has 2 unspecified atom stereocenters. The first kappa shape index (κ1) is 15.7. The molecule has 0 aromatic rings. The zero-order chi connectivity index (χ0) is 14.0. The highest BCUT2D eigenvalue weighted by atomic mass is 32.2. The summed E-state index contributed by atoms with van der Waals surface area (Å²) >= 11 is 0. The maximum absolute atomic E-state index is 12.3. The summed E-state index contributed by atoms with van der Waals surface area (Å²) in [4.78, 5) is 0. The van der Waals surface area contributed by atoms with Crippen LogP contribution in [0.2, 0.25) is 0 Å². The van der Waals surface area contributed by atoms with Gasteiger partial charge < -0.3 is 4.48 Å². The standard InChI is InChI=1S/C10H20F3N2O2S/c1-3-4-7-15(2)8-5-6-9(15)14-18(16,17)10(11,12)13/h9,14H,3-8H2,1-2H3/q+1. The van der Waals surface area contributed by atoms with Crippen LogP contribution < -0.4 is 4.72 Å². The Morgan fingerprint density at radius 2 is 2.00 bits per heavy atom. The van der Waals surface area contributed by atoms with E-state index in [2.05, 4.69) is 0 Å². The fourth-order valence-corrected chi connectivity index (χ4v) is 3.20. The van der Waals surface area contributed by atoms with Gasteiger partial charge >= 0.3 is 15.5 Å². The zero-order valence-electron chi connectivity index (χ0n) is 10.6. The van der Waals surface area contributed by atoms with Gasteiger partial charge in [0.15, 0.2) is 6.17 Å². The van der Waals surface area contributed by atoms with Crippen molar-refractivity contribution in [2.24, 2.45) is 0 Å². The van der Waals surface area contributed by atoms with Gasteiger partial charge in [-0.1, -0.05) is 13.3 Å². The van der Waals surface area contributed by atoms with Crippen LogP contribution in [-0.2, 0) is 10.0 Å². The van der Waals surface area contributed by atoms with Crippen molar-refractivity contribution < 1.29 is 26.1 Å². The predicted octanol–water partition coefficient (Wildman–Crippen LogP) is 1.79. The number of halogens is 3. The van der Waals surface area contributed by atoms with Gasteiger partial charge in [0.2, 0.25) is 0 Å². The van der Waals surface area contributed by atoms with Gasteiger partial charge in [-0.15, -0.1) is 0 Å². The summed E-state index contributed by atoms with van der Waals surface area (Å²) in [7, 11) is -3.43. The zero-order valence-corrected chi connectivity index (χ0v) is 11.4. The Hall–Kier alpha value is -0.340. The van der Waals surface area contributed by atoms with Crippen molar-refractivity contribution in [3.63, 3.8) is 0 Å². The van der Waals surface area contributed by atoms with Crippen molar-refractivity contribution in [2.75, 3.05) is 20.1 Å². The largest absolute Gasteiger partial charge is 0.511 e. The van der Waals surface area contributed by atoms with E-state index in [0.29, 0.717) is 24.0 Å². The molecule has 0 aromatic carbocycles. The molecular weight excluding hydrogens is 269 g/mol. The third-order valence-corrected chi connectivity index (χ3v) is 4.71. The van der Waals surface area contributed by atoms with Gasteiger partial charge in [0.25, 0.3) is 0 Å². The van der Waals surface area contributed by atoms with Crippen molar-refractivity contribution >= 4 is 10.0 Å². The molecule has 0 aliphatic carbocycles. The third kappa shape index (κ3) is 3.36. The van der Waals surface area contributed by atoms with Crippen molar-refractivity contribution in [3.8, 4) is 0 Å². The van der Waals surface area contributed by atoms with Crippen molar-refractivity contribution in [2.45, 2.75) is 44.3 Å². The molecule has 4 nitrogen and oxygen atoms in total. The summed E-state index contributed by atoms with van der Waals surface area (Å²) in [6.07, 6.45) is 2.34. The second kappa shape index (κ2) is 5.34. The number of quaternary nitrogens is 1. The molecule has 1 rings (SSSR count). The first-order valence-corrected chi connectivity index (χ1v) is 7.53. The monoisotopic (exact) mass is 289 g/mol. The number of likely N-dealkylation sites (tertiary alicyclic amines) is 1. The van der Waals surface area contributed by atoms with Crippen LogP contribution in [0.4, 0.5) is 13.2 Å². The van der Waals surface area contributed by atoms with E-state index in [4.69, 9.17) is 0 Å². The lowest BCUT2D eigenvalue weighted by atomic mass is 10.3. The Morgan fingerprint density at radius 3 is 2.50 bits per heavy atom. The van der Waals surface area contributed by atoms with Crippen molar-refractivity contribution in [1.29, 1.82) is 0 Å². The average molecular weight is 289 g/mol. The molecular formula is C10H20F3N2O2S+. The Bertz CT molecular complexity index is 383. The molecule has 108 valence electrons. The van der Waals surface area contributed by atoms with E-state index in [1.54, 1.807) is 0 Å². The highest BCUT2D eigenvalue weighted by molar-refractivity contribution is 7.90. The molecule has 0 aromatic heterocycles. The lowest BCUT2D eigenvalue weighted by molar-refractivity contribution is -0.922. The van der Waals surface area contributed by atoms with Crippen LogP contribution in [0.25, 0.3) is 0 Å². The highest BCUT2D eigenvalue weighted by Crippen LogP contribution is 2.28. The number of nitrogens with one attached hydrogen (secondary N) is 1. The summed E-state index contributed by atoms with van der Waals surface area (Å²) < 4.78 is 61.4. The number of alkyl halides is 3. The van der Waals surface area contributed by atoms with E-state index < -0.39 is 21.7 Å². The van der Waals surface area contributed by atoms with Gasteiger partial charge in [0.1, 0.15) is 0 Å². The molecule has 0 radical (unpaired) electrons. The van der Waals surface area contributed by atoms with Crippen LogP contribution in [0.3, 0.4) is 0 Å². The van der Waals surface area contributed by atoms with E-state index in [1.165, 1.54) is 0 Å². The second-order valence-corrected chi connectivity index (χ2v) is 6.71. The fourth-order valence-electron chi connectivity index (χ4n) is 2.33. The third-order valence-electron chi connectivity index (χ3n) is 3.52. The first-order chi connectivity index (χ1) is 8.12. The molecule has 0 saturated carbocycles. The van der Waals surface area contributed by atoms with Gasteiger partial charge in [0, 0.05) is 12.8 Å². The second-order valence-electron chi connectivity index (χ2n) is 5.01. The number of unbranched alkanes of at least 4 members (excludes halogenated alkanes) is 1. The Labute approximate surface area is 106 Å². The molecule has 1 aliphatic heterocycles. The van der Waals surface area contributed by atoms with Crippen molar-refractivity contribution in [1.82, 2.24) is 4.72 Å². The first-order valence-electron chi connectivity index (χ1n) is 6.05. The summed E-state index contributed by atoms with van der Waals surface area (Å²) in [6, 6.07) is 0. The normalized spacial score (nSPS) is 29.7. The number of rotatable bonds is 5. The van der Waals surface area contributed by atoms with Gasteiger partial charge in [-0.05, 0) is 6.42 Å². The predicted molar refractivity (Wildman–Crippen MR) is 62.0 cm³/mol. The molecule has 1 fully saturated rings. The maximum Gasteiger partial charge on any atom is 0.511 e. The van der Waals surface area contributed by atoms with Gasteiger partial charge in [0.05, 0.1) is 20.1 Å². The highest BCUT2D eigenvalue weighted by Gasteiger charge is 2.50. The number of sulfonamides is 1. The number of hydrogen-bond donors (Lipinski definition) is 1. The summed E-state index contributed by atoms with van der Waals surface area (Å²) in [5, 5.41) is 0. The molecule has 18 heavy (non-hydrogen) atoms. The minimum absolute atomic E-state index is 0.350. The molecule has 0 spiro atoms. The van der Waals surface area contributed by atoms with Crippen molar-refractivity contribution in [3.05, 3.63) is 0 Å². The molecule has 1 aliphatic rings. The Kier molecular flexibility index (Phi) is 4.66. The van der Waals surface area contributed by atoms with E-state index >= 15 is 0 Å². The quantitative estimate of drug-likeness (QED) is 0.784. The van der Waals surface area contributed by atoms with E-state index in [0.717, 1.165) is 19.3 Å². The van der Waals surface area contributed by atoms with E-state index in [9.17, 15) is 21.6 Å². The van der Waals surface area contributed by atoms with Gasteiger partial charge in [-0.25, -0.2) is 8.42 Å². The smallest absolute Gasteiger partial charge is 0.310 e. The van der Waals surface area contributed by atoms with Crippen LogP contribution in [0.5, 0.6) is 0 Å². The minimum atomic E-state index is -5.24. The molecule has 1 heterocycles.